The van der Waals surface area contributed by atoms with Gasteiger partial charge in [0.15, 0.2) is 0 Å². The molecule has 0 aliphatic heterocycles. The molecule has 120 valence electrons. The summed E-state index contributed by atoms with van der Waals surface area (Å²) in [5.41, 5.74) is 9.34. The van der Waals surface area contributed by atoms with E-state index >= 15 is 0 Å². The molecular formula is C19H23N3O. The van der Waals surface area contributed by atoms with Crippen molar-refractivity contribution in [2.24, 2.45) is 11.7 Å². The van der Waals surface area contributed by atoms with Crippen molar-refractivity contribution in [3.8, 4) is 0 Å². The van der Waals surface area contributed by atoms with E-state index < -0.39 is 0 Å². The Kier molecular flexibility index (Phi) is 5.03. The molecule has 1 heterocycles. The lowest BCUT2D eigenvalue weighted by molar-refractivity contribution is 0.0934. The smallest absolute Gasteiger partial charge is 0.252 e. The summed E-state index contributed by atoms with van der Waals surface area (Å²) < 4.78 is 0. The van der Waals surface area contributed by atoms with Crippen molar-refractivity contribution < 1.29 is 4.79 Å². The van der Waals surface area contributed by atoms with Gasteiger partial charge in [0, 0.05) is 17.5 Å². The Morgan fingerprint density at radius 1 is 1.26 bits per heavy atom. The number of pyridine rings is 1. The molecule has 2 atom stereocenters. The molecule has 23 heavy (non-hydrogen) atoms. The van der Waals surface area contributed by atoms with Gasteiger partial charge in [0.1, 0.15) is 0 Å². The van der Waals surface area contributed by atoms with E-state index in [0.29, 0.717) is 11.5 Å². The molecule has 0 saturated heterocycles. The molecule has 1 aliphatic carbocycles. The fourth-order valence-electron chi connectivity index (χ4n) is 3.19. The molecule has 4 heteroatoms. The highest BCUT2D eigenvalue weighted by Crippen LogP contribution is 2.27. The second-order valence-corrected chi connectivity index (χ2v) is 6.24. The van der Waals surface area contributed by atoms with Gasteiger partial charge in [0.2, 0.25) is 0 Å². The van der Waals surface area contributed by atoms with Crippen LogP contribution in [0.1, 0.15) is 40.9 Å². The van der Waals surface area contributed by atoms with E-state index in [-0.39, 0.29) is 12.1 Å². The van der Waals surface area contributed by atoms with Crippen LogP contribution < -0.4 is 11.1 Å². The lowest BCUT2D eigenvalue weighted by atomic mass is 9.84. The summed E-state index contributed by atoms with van der Waals surface area (Å²) in [6, 6.07) is 13.4. The quantitative estimate of drug-likeness (QED) is 0.834. The number of hydrogen-bond acceptors (Lipinski definition) is 3. The van der Waals surface area contributed by atoms with Crippen LogP contribution in [0, 0.1) is 5.92 Å². The number of rotatable bonds is 5. The molecule has 4 nitrogen and oxygen atoms in total. The molecule has 1 amide bonds. The molecule has 0 spiro atoms. The number of nitrogens with one attached hydrogen (secondary N) is 1. The lowest BCUT2D eigenvalue weighted by Crippen LogP contribution is -2.41. The largest absolute Gasteiger partial charge is 0.337 e. The SMILES string of the molecule is NC(CCC1CCc2cccnc2C1)NC(=O)c1ccccc1. The van der Waals surface area contributed by atoms with Crippen LogP contribution in [0.3, 0.4) is 0 Å². The van der Waals surface area contributed by atoms with Crippen molar-refractivity contribution in [2.45, 2.75) is 38.3 Å². The Labute approximate surface area is 137 Å². The van der Waals surface area contributed by atoms with E-state index in [2.05, 4.69) is 16.4 Å². The van der Waals surface area contributed by atoms with Gasteiger partial charge >= 0.3 is 0 Å². The van der Waals surface area contributed by atoms with Crippen molar-refractivity contribution in [1.29, 1.82) is 0 Å². The number of hydrogen-bond donors (Lipinski definition) is 2. The van der Waals surface area contributed by atoms with Gasteiger partial charge in [0.25, 0.3) is 5.91 Å². The maximum absolute atomic E-state index is 12.1. The molecule has 3 rings (SSSR count). The van der Waals surface area contributed by atoms with Crippen molar-refractivity contribution in [1.82, 2.24) is 10.3 Å². The average Bonchev–Trinajstić information content (AvgIpc) is 2.60. The van der Waals surface area contributed by atoms with E-state index in [1.807, 2.05) is 30.5 Å². The number of benzene rings is 1. The molecule has 0 saturated carbocycles. The van der Waals surface area contributed by atoms with Crippen molar-refractivity contribution in [2.75, 3.05) is 0 Å². The van der Waals surface area contributed by atoms with Crippen LogP contribution in [-0.4, -0.2) is 17.1 Å². The molecule has 0 radical (unpaired) electrons. The number of amides is 1. The third kappa shape index (κ3) is 4.17. The summed E-state index contributed by atoms with van der Waals surface area (Å²) in [6.07, 6.45) is 6.69. The second-order valence-electron chi connectivity index (χ2n) is 6.24. The second kappa shape index (κ2) is 7.38. The number of aryl methyl sites for hydroxylation is 1. The van der Waals surface area contributed by atoms with Crippen molar-refractivity contribution in [3.63, 3.8) is 0 Å². The fraction of sp³-hybridized carbons (Fsp3) is 0.368. The van der Waals surface area contributed by atoms with Crippen LogP contribution in [0.5, 0.6) is 0 Å². The van der Waals surface area contributed by atoms with Gasteiger partial charge in [-0.25, -0.2) is 0 Å². The number of carbonyl (C=O) groups is 1. The van der Waals surface area contributed by atoms with Gasteiger partial charge in [-0.05, 0) is 61.8 Å². The standard InChI is InChI=1S/C19H23N3O/c20-18(22-19(23)16-5-2-1-3-6-16)11-9-14-8-10-15-7-4-12-21-17(15)13-14/h1-7,12,14,18H,8-11,13,20H2,(H,22,23). The monoisotopic (exact) mass is 309 g/mol. The van der Waals surface area contributed by atoms with Gasteiger partial charge in [-0.15, -0.1) is 0 Å². The summed E-state index contributed by atoms with van der Waals surface area (Å²) >= 11 is 0. The molecule has 0 bridgehead atoms. The zero-order chi connectivity index (χ0) is 16.1. The van der Waals surface area contributed by atoms with E-state index in [1.54, 1.807) is 12.1 Å². The van der Waals surface area contributed by atoms with Gasteiger partial charge < -0.3 is 11.1 Å². The molecular weight excluding hydrogens is 286 g/mol. The third-order valence-electron chi connectivity index (χ3n) is 4.53. The third-order valence-corrected chi connectivity index (χ3v) is 4.53. The van der Waals surface area contributed by atoms with Crippen molar-refractivity contribution >= 4 is 5.91 Å². The predicted octanol–water partition coefficient (Wildman–Crippen LogP) is 2.68. The molecule has 0 fully saturated rings. The predicted molar refractivity (Wildman–Crippen MR) is 90.9 cm³/mol. The number of aromatic nitrogens is 1. The van der Waals surface area contributed by atoms with Crippen LogP contribution in [-0.2, 0) is 12.8 Å². The zero-order valence-electron chi connectivity index (χ0n) is 13.2. The van der Waals surface area contributed by atoms with Gasteiger partial charge in [-0.1, -0.05) is 24.3 Å². The zero-order valence-corrected chi connectivity index (χ0v) is 13.2. The Morgan fingerprint density at radius 2 is 2.09 bits per heavy atom. The van der Waals surface area contributed by atoms with E-state index in [1.165, 1.54) is 17.7 Å². The number of nitrogens with zero attached hydrogens (tertiary/aromatic N) is 1. The Morgan fingerprint density at radius 3 is 2.91 bits per heavy atom. The van der Waals surface area contributed by atoms with E-state index in [0.717, 1.165) is 25.7 Å². The van der Waals surface area contributed by atoms with Crippen LogP contribution in [0.25, 0.3) is 0 Å². The van der Waals surface area contributed by atoms with Crippen LogP contribution in [0.4, 0.5) is 0 Å². The first-order valence-corrected chi connectivity index (χ1v) is 8.26. The number of nitrogens with two attached hydrogens (primary N) is 1. The summed E-state index contributed by atoms with van der Waals surface area (Å²) in [6.45, 7) is 0. The Bertz CT molecular complexity index is 657. The number of carbonyl (C=O) groups excluding carboxylic acids is 1. The minimum atomic E-state index is -0.298. The van der Waals surface area contributed by atoms with Gasteiger partial charge in [-0.3, -0.25) is 9.78 Å². The highest BCUT2D eigenvalue weighted by molar-refractivity contribution is 5.94. The molecule has 1 aliphatic rings. The minimum absolute atomic E-state index is 0.103. The average molecular weight is 309 g/mol. The Balaban J connectivity index is 1.46. The van der Waals surface area contributed by atoms with E-state index in [9.17, 15) is 4.79 Å². The fourth-order valence-corrected chi connectivity index (χ4v) is 3.19. The number of fused-ring (bicyclic) bond motifs is 1. The van der Waals surface area contributed by atoms with Gasteiger partial charge in [0.05, 0.1) is 6.17 Å². The molecule has 2 aromatic rings. The summed E-state index contributed by atoms with van der Waals surface area (Å²) in [5.74, 6) is 0.505. The highest BCUT2D eigenvalue weighted by atomic mass is 16.1. The van der Waals surface area contributed by atoms with E-state index in [4.69, 9.17) is 5.73 Å². The normalized spacial score (nSPS) is 18.0. The van der Waals surface area contributed by atoms with Crippen LogP contribution in [0.2, 0.25) is 0 Å². The highest BCUT2D eigenvalue weighted by Gasteiger charge is 2.20. The molecule has 2 unspecified atom stereocenters. The van der Waals surface area contributed by atoms with Crippen LogP contribution >= 0.6 is 0 Å². The summed E-state index contributed by atoms with van der Waals surface area (Å²) in [5, 5.41) is 2.88. The molecule has 1 aromatic carbocycles. The first kappa shape index (κ1) is 15.7. The molecule has 3 N–H and O–H groups in total. The lowest BCUT2D eigenvalue weighted by Gasteiger charge is -2.25. The Hall–Kier alpha value is -2.20. The minimum Gasteiger partial charge on any atom is -0.337 e. The summed E-state index contributed by atoms with van der Waals surface area (Å²) in [7, 11) is 0. The summed E-state index contributed by atoms with van der Waals surface area (Å²) in [4.78, 5) is 16.6. The van der Waals surface area contributed by atoms with Crippen LogP contribution in [0.15, 0.2) is 48.7 Å². The maximum atomic E-state index is 12.1. The first-order chi connectivity index (χ1) is 11.2. The maximum Gasteiger partial charge on any atom is 0.252 e. The van der Waals surface area contributed by atoms with Crippen molar-refractivity contribution in [3.05, 3.63) is 65.5 Å². The van der Waals surface area contributed by atoms with Gasteiger partial charge in [-0.2, -0.15) is 0 Å². The first-order valence-electron chi connectivity index (χ1n) is 8.26. The topological polar surface area (TPSA) is 68.0 Å². The molecule has 1 aromatic heterocycles.